The van der Waals surface area contributed by atoms with Crippen molar-refractivity contribution >= 4 is 5.82 Å². The number of rotatable bonds is 4. The van der Waals surface area contributed by atoms with Gasteiger partial charge in [-0.2, -0.15) is 0 Å². The van der Waals surface area contributed by atoms with E-state index in [2.05, 4.69) is 33.3 Å². The van der Waals surface area contributed by atoms with Crippen LogP contribution in [0.15, 0.2) is 24.5 Å². The fourth-order valence-corrected chi connectivity index (χ4v) is 4.08. The molecule has 138 valence electrons. The van der Waals surface area contributed by atoms with Crippen LogP contribution in [0.5, 0.6) is 5.75 Å². The lowest BCUT2D eigenvalue weighted by Crippen LogP contribution is -2.38. The third-order valence-corrected chi connectivity index (χ3v) is 5.60. The highest BCUT2D eigenvalue weighted by Gasteiger charge is 2.35. The number of fused-ring (bicyclic) bond motifs is 2. The molecule has 0 amide bonds. The molecule has 0 saturated heterocycles. The maximum atomic E-state index is 11.4. The van der Waals surface area contributed by atoms with Crippen LogP contribution in [-0.2, 0) is 25.0 Å². The lowest BCUT2D eigenvalue weighted by molar-refractivity contribution is 0.0319. The molecule has 1 aliphatic carbocycles. The van der Waals surface area contributed by atoms with Crippen LogP contribution in [0.3, 0.4) is 0 Å². The largest absolute Gasteiger partial charge is 0.497 e. The molecule has 0 spiro atoms. The van der Waals surface area contributed by atoms with Crippen LogP contribution in [0.1, 0.15) is 35.2 Å². The lowest BCUT2D eigenvalue weighted by Gasteiger charge is -2.35. The molecule has 6 heteroatoms. The number of aryl methyl sites for hydroxylation is 1. The number of aromatic nitrogens is 2. The highest BCUT2D eigenvalue weighted by atomic mass is 16.5. The molecule has 26 heavy (non-hydrogen) atoms. The van der Waals surface area contributed by atoms with Gasteiger partial charge in [0.1, 0.15) is 23.5 Å². The first-order valence-corrected chi connectivity index (χ1v) is 9.24. The number of ether oxygens (including phenoxy) is 1. The summed E-state index contributed by atoms with van der Waals surface area (Å²) in [4.78, 5) is 11.1. The zero-order valence-corrected chi connectivity index (χ0v) is 15.5. The summed E-state index contributed by atoms with van der Waals surface area (Å²) >= 11 is 0. The normalized spacial score (nSPS) is 22.4. The number of nitrogens with zero attached hydrogens (tertiary/aromatic N) is 3. The van der Waals surface area contributed by atoms with Crippen LogP contribution in [-0.4, -0.2) is 47.2 Å². The quantitative estimate of drug-likeness (QED) is 0.876. The molecule has 6 nitrogen and oxygen atoms in total. The maximum absolute atomic E-state index is 11.4. The van der Waals surface area contributed by atoms with E-state index in [4.69, 9.17) is 4.74 Å². The topological polar surface area (TPSA) is 70.5 Å². The fourth-order valence-electron chi connectivity index (χ4n) is 4.08. The van der Waals surface area contributed by atoms with E-state index in [0.29, 0.717) is 6.54 Å². The zero-order chi connectivity index (χ0) is 18.1. The lowest BCUT2D eigenvalue weighted by atomic mass is 9.79. The highest BCUT2D eigenvalue weighted by molar-refractivity contribution is 5.48. The predicted octanol–water partition coefficient (Wildman–Crippen LogP) is 2.11. The van der Waals surface area contributed by atoms with Crippen molar-refractivity contribution in [2.75, 3.05) is 32.6 Å². The molecule has 0 saturated carbocycles. The molecule has 4 rings (SSSR count). The van der Waals surface area contributed by atoms with E-state index in [1.54, 1.807) is 13.4 Å². The van der Waals surface area contributed by atoms with Gasteiger partial charge in [-0.05, 0) is 49.6 Å². The van der Waals surface area contributed by atoms with Gasteiger partial charge in [-0.25, -0.2) is 9.97 Å². The summed E-state index contributed by atoms with van der Waals surface area (Å²) in [6.07, 6.45) is 5.26. The SMILES string of the molecule is COc1ccc2c(c1)C(O)(CNc1ncnc3c1CN(C)CC3)CCC2. The van der Waals surface area contributed by atoms with Gasteiger partial charge in [0, 0.05) is 31.6 Å². The van der Waals surface area contributed by atoms with Crippen LogP contribution in [0.25, 0.3) is 0 Å². The summed E-state index contributed by atoms with van der Waals surface area (Å²) < 4.78 is 5.36. The zero-order valence-electron chi connectivity index (χ0n) is 15.5. The van der Waals surface area contributed by atoms with Crippen molar-refractivity contribution in [3.05, 3.63) is 46.9 Å². The molecule has 1 aromatic carbocycles. The number of methoxy groups -OCH3 is 1. The molecule has 2 aliphatic rings. The van der Waals surface area contributed by atoms with Gasteiger partial charge in [-0.3, -0.25) is 0 Å². The minimum absolute atomic E-state index is 0.431. The Hall–Kier alpha value is -2.18. The average molecular weight is 354 g/mol. The van der Waals surface area contributed by atoms with Gasteiger partial charge in [-0.15, -0.1) is 0 Å². The second kappa shape index (κ2) is 6.85. The van der Waals surface area contributed by atoms with Crippen molar-refractivity contribution < 1.29 is 9.84 Å². The summed E-state index contributed by atoms with van der Waals surface area (Å²) in [6.45, 7) is 2.28. The first kappa shape index (κ1) is 17.2. The third-order valence-electron chi connectivity index (χ3n) is 5.60. The minimum Gasteiger partial charge on any atom is -0.497 e. The number of hydrogen-bond acceptors (Lipinski definition) is 6. The van der Waals surface area contributed by atoms with Crippen molar-refractivity contribution in [1.29, 1.82) is 0 Å². The number of hydrogen-bond donors (Lipinski definition) is 2. The third kappa shape index (κ3) is 3.15. The molecule has 1 aliphatic heterocycles. The molecule has 1 unspecified atom stereocenters. The van der Waals surface area contributed by atoms with Crippen LogP contribution in [0.4, 0.5) is 5.82 Å². The van der Waals surface area contributed by atoms with Crippen molar-refractivity contribution in [2.45, 2.75) is 37.8 Å². The molecular formula is C20H26N4O2. The van der Waals surface area contributed by atoms with Crippen LogP contribution >= 0.6 is 0 Å². The molecule has 0 radical (unpaired) electrons. The minimum atomic E-state index is -0.916. The molecule has 2 N–H and O–H groups in total. The van der Waals surface area contributed by atoms with E-state index in [1.807, 2.05) is 12.1 Å². The molecular weight excluding hydrogens is 328 g/mol. The van der Waals surface area contributed by atoms with Gasteiger partial charge in [0.05, 0.1) is 12.8 Å². The number of nitrogens with one attached hydrogen (secondary N) is 1. The van der Waals surface area contributed by atoms with Gasteiger partial charge in [0.2, 0.25) is 0 Å². The molecule has 1 aromatic heterocycles. The van der Waals surface area contributed by atoms with Crippen molar-refractivity contribution in [1.82, 2.24) is 14.9 Å². The summed E-state index contributed by atoms with van der Waals surface area (Å²) in [5.74, 6) is 1.62. The van der Waals surface area contributed by atoms with E-state index < -0.39 is 5.60 Å². The maximum Gasteiger partial charge on any atom is 0.134 e. The summed E-state index contributed by atoms with van der Waals surface area (Å²) in [5, 5.41) is 14.8. The van der Waals surface area contributed by atoms with Crippen molar-refractivity contribution in [3.63, 3.8) is 0 Å². The Morgan fingerprint density at radius 2 is 2.19 bits per heavy atom. The van der Waals surface area contributed by atoms with Crippen LogP contribution in [0, 0.1) is 0 Å². The summed E-state index contributed by atoms with van der Waals surface area (Å²) in [5.41, 5.74) is 3.51. The molecule has 1 atom stereocenters. The van der Waals surface area contributed by atoms with E-state index >= 15 is 0 Å². The van der Waals surface area contributed by atoms with Crippen molar-refractivity contribution in [3.8, 4) is 5.75 Å². The molecule has 2 heterocycles. The Kier molecular flexibility index (Phi) is 4.54. The Morgan fingerprint density at radius 1 is 1.31 bits per heavy atom. The predicted molar refractivity (Wildman–Crippen MR) is 100 cm³/mol. The van der Waals surface area contributed by atoms with E-state index in [9.17, 15) is 5.11 Å². The van der Waals surface area contributed by atoms with Crippen molar-refractivity contribution in [2.24, 2.45) is 0 Å². The smallest absolute Gasteiger partial charge is 0.134 e. The Labute approximate surface area is 154 Å². The molecule has 0 bridgehead atoms. The average Bonchev–Trinajstić information content (AvgIpc) is 2.66. The Morgan fingerprint density at radius 3 is 3.04 bits per heavy atom. The number of benzene rings is 1. The summed E-state index contributed by atoms with van der Waals surface area (Å²) in [6, 6.07) is 6.01. The van der Waals surface area contributed by atoms with Crippen LogP contribution in [0.2, 0.25) is 0 Å². The number of aliphatic hydroxyl groups is 1. The second-order valence-electron chi connectivity index (χ2n) is 7.40. The summed E-state index contributed by atoms with van der Waals surface area (Å²) in [7, 11) is 3.77. The molecule has 2 aromatic rings. The molecule has 0 fully saturated rings. The van der Waals surface area contributed by atoms with Gasteiger partial charge in [0.25, 0.3) is 0 Å². The Bertz CT molecular complexity index is 810. The first-order chi connectivity index (χ1) is 12.6. The van der Waals surface area contributed by atoms with E-state index in [1.165, 1.54) is 5.56 Å². The van der Waals surface area contributed by atoms with E-state index in [0.717, 1.165) is 67.2 Å². The van der Waals surface area contributed by atoms with Gasteiger partial charge < -0.3 is 20.1 Å². The Balaban J connectivity index is 1.60. The number of anilines is 1. The monoisotopic (exact) mass is 354 g/mol. The van der Waals surface area contributed by atoms with Gasteiger partial charge in [-0.1, -0.05) is 6.07 Å². The van der Waals surface area contributed by atoms with Gasteiger partial charge in [0.15, 0.2) is 0 Å². The first-order valence-electron chi connectivity index (χ1n) is 9.24. The van der Waals surface area contributed by atoms with Crippen LogP contribution < -0.4 is 10.1 Å². The second-order valence-corrected chi connectivity index (χ2v) is 7.40. The highest BCUT2D eigenvalue weighted by Crippen LogP contribution is 2.37. The van der Waals surface area contributed by atoms with E-state index in [-0.39, 0.29) is 0 Å². The fraction of sp³-hybridized carbons (Fsp3) is 0.500. The van der Waals surface area contributed by atoms with Gasteiger partial charge >= 0.3 is 0 Å². The standard InChI is InChI=1S/C20H26N4O2/c1-24-9-7-18-16(11-24)19(23-13-22-18)21-12-20(25)8-3-4-14-5-6-15(26-2)10-17(14)20/h5-6,10,13,25H,3-4,7-9,11-12H2,1-2H3,(H,21,22,23). The number of likely N-dealkylation sites (N-methyl/N-ethyl adjacent to an activating group) is 1.